The van der Waals surface area contributed by atoms with Gasteiger partial charge in [-0.25, -0.2) is 0 Å². The average Bonchev–Trinajstić information content (AvgIpc) is 3.12. The fourth-order valence-corrected chi connectivity index (χ4v) is 3.17. The SMILES string of the molecule is CN1C(=O)COCC1C(O)c1ccc(NC(=O)c2cccs2)cc1. The number of likely N-dealkylation sites (N-methyl/N-ethyl adjacent to an activating group) is 1. The molecule has 2 N–H and O–H groups in total. The van der Waals surface area contributed by atoms with Crippen molar-refractivity contribution in [3.05, 3.63) is 52.2 Å². The standard InChI is InChI=1S/C17H18N2O4S/c1-19-13(9-23-10-15(19)20)16(21)11-4-6-12(7-5-11)18-17(22)14-3-2-8-24-14/h2-8,13,16,21H,9-10H2,1H3,(H,18,22). The van der Waals surface area contributed by atoms with Crippen molar-refractivity contribution in [1.82, 2.24) is 4.90 Å². The van der Waals surface area contributed by atoms with Crippen LogP contribution in [0.15, 0.2) is 41.8 Å². The summed E-state index contributed by atoms with van der Waals surface area (Å²) in [7, 11) is 1.66. The molecule has 0 spiro atoms. The number of anilines is 1. The van der Waals surface area contributed by atoms with E-state index in [1.54, 1.807) is 37.4 Å². The molecule has 1 aromatic heterocycles. The average molecular weight is 346 g/mol. The molecule has 6 nitrogen and oxygen atoms in total. The summed E-state index contributed by atoms with van der Waals surface area (Å²) in [6, 6.07) is 10.1. The maximum absolute atomic E-state index is 12.0. The molecule has 0 bridgehead atoms. The molecular weight excluding hydrogens is 328 g/mol. The molecule has 1 aliphatic heterocycles. The highest BCUT2D eigenvalue weighted by Crippen LogP contribution is 2.24. The van der Waals surface area contributed by atoms with Gasteiger partial charge in [0.15, 0.2) is 0 Å². The zero-order valence-corrected chi connectivity index (χ0v) is 14.0. The Kier molecular flexibility index (Phi) is 4.94. The van der Waals surface area contributed by atoms with Gasteiger partial charge in [-0.1, -0.05) is 18.2 Å². The smallest absolute Gasteiger partial charge is 0.265 e. The lowest BCUT2D eigenvalue weighted by atomic mass is 10.0. The number of nitrogens with zero attached hydrogens (tertiary/aromatic N) is 1. The number of morpholine rings is 1. The first-order chi connectivity index (χ1) is 11.6. The summed E-state index contributed by atoms with van der Waals surface area (Å²) < 4.78 is 5.22. The lowest BCUT2D eigenvalue weighted by Gasteiger charge is -2.35. The van der Waals surface area contributed by atoms with E-state index in [0.29, 0.717) is 22.7 Å². The fourth-order valence-electron chi connectivity index (χ4n) is 2.55. The second-order valence-corrected chi connectivity index (χ2v) is 6.53. The topological polar surface area (TPSA) is 78.9 Å². The zero-order valence-electron chi connectivity index (χ0n) is 13.1. The van der Waals surface area contributed by atoms with Crippen molar-refractivity contribution in [1.29, 1.82) is 0 Å². The first-order valence-corrected chi connectivity index (χ1v) is 8.40. The van der Waals surface area contributed by atoms with Crippen LogP contribution in [0, 0.1) is 0 Å². The highest BCUT2D eigenvalue weighted by molar-refractivity contribution is 7.12. The molecule has 0 radical (unpaired) electrons. The minimum Gasteiger partial charge on any atom is -0.386 e. The Morgan fingerprint density at radius 2 is 2.12 bits per heavy atom. The fraction of sp³-hybridized carbons (Fsp3) is 0.294. The van der Waals surface area contributed by atoms with E-state index in [1.165, 1.54) is 16.2 Å². The monoisotopic (exact) mass is 346 g/mol. The normalized spacial score (nSPS) is 19.2. The second-order valence-electron chi connectivity index (χ2n) is 5.59. The van der Waals surface area contributed by atoms with Gasteiger partial charge >= 0.3 is 0 Å². The molecule has 7 heteroatoms. The summed E-state index contributed by atoms with van der Waals surface area (Å²) in [4.78, 5) is 25.8. The number of hydrogen-bond donors (Lipinski definition) is 2. The van der Waals surface area contributed by atoms with E-state index in [2.05, 4.69) is 5.32 Å². The van der Waals surface area contributed by atoms with Crippen molar-refractivity contribution in [3.63, 3.8) is 0 Å². The van der Waals surface area contributed by atoms with Crippen molar-refractivity contribution in [2.24, 2.45) is 0 Å². The number of amides is 2. The van der Waals surface area contributed by atoms with Crippen LogP contribution in [0.4, 0.5) is 5.69 Å². The van der Waals surface area contributed by atoms with Gasteiger partial charge in [0.05, 0.1) is 17.5 Å². The molecular formula is C17H18N2O4S. The summed E-state index contributed by atoms with van der Waals surface area (Å²) in [6.07, 6.45) is -0.846. The number of rotatable bonds is 4. The summed E-state index contributed by atoms with van der Waals surface area (Å²) in [5.74, 6) is -0.311. The van der Waals surface area contributed by atoms with Crippen molar-refractivity contribution in [2.75, 3.05) is 25.6 Å². The Bertz CT molecular complexity index is 715. The molecule has 1 aromatic carbocycles. The van der Waals surface area contributed by atoms with Gasteiger partial charge in [-0.15, -0.1) is 11.3 Å². The number of carbonyl (C=O) groups excluding carboxylic acids is 2. The number of ether oxygens (including phenoxy) is 1. The predicted octanol–water partition coefficient (Wildman–Crippen LogP) is 1.89. The van der Waals surface area contributed by atoms with Gasteiger partial charge in [-0.2, -0.15) is 0 Å². The molecule has 2 heterocycles. The maximum Gasteiger partial charge on any atom is 0.265 e. The first kappa shape index (κ1) is 16.6. The Morgan fingerprint density at radius 1 is 1.38 bits per heavy atom. The third-order valence-corrected chi connectivity index (χ3v) is 4.89. The molecule has 3 rings (SSSR count). The molecule has 2 amide bonds. The lowest BCUT2D eigenvalue weighted by molar-refractivity contribution is -0.151. The highest BCUT2D eigenvalue weighted by atomic mass is 32.1. The summed E-state index contributed by atoms with van der Waals surface area (Å²) in [5.41, 5.74) is 1.31. The van der Waals surface area contributed by atoms with Crippen LogP contribution < -0.4 is 5.32 Å². The first-order valence-electron chi connectivity index (χ1n) is 7.52. The van der Waals surface area contributed by atoms with Crippen LogP contribution in [0.2, 0.25) is 0 Å². The van der Waals surface area contributed by atoms with Gasteiger partial charge in [0.1, 0.15) is 12.7 Å². The van der Waals surface area contributed by atoms with Gasteiger partial charge in [0, 0.05) is 12.7 Å². The molecule has 0 saturated carbocycles. The van der Waals surface area contributed by atoms with E-state index in [4.69, 9.17) is 4.74 Å². The van der Waals surface area contributed by atoms with Gasteiger partial charge in [-0.3, -0.25) is 9.59 Å². The predicted molar refractivity (Wildman–Crippen MR) is 91.1 cm³/mol. The molecule has 2 atom stereocenters. The molecule has 2 unspecified atom stereocenters. The maximum atomic E-state index is 12.0. The minimum atomic E-state index is -0.846. The lowest BCUT2D eigenvalue weighted by Crippen LogP contribution is -2.49. The number of benzene rings is 1. The van der Waals surface area contributed by atoms with Crippen LogP contribution in [-0.2, 0) is 9.53 Å². The minimum absolute atomic E-state index is 0.0490. The number of hydrogen-bond acceptors (Lipinski definition) is 5. The Morgan fingerprint density at radius 3 is 2.79 bits per heavy atom. The van der Waals surface area contributed by atoms with Crippen molar-refractivity contribution >= 4 is 28.8 Å². The molecule has 0 aliphatic carbocycles. The van der Waals surface area contributed by atoms with E-state index in [-0.39, 0.29) is 18.4 Å². The van der Waals surface area contributed by atoms with Crippen LogP contribution in [-0.4, -0.2) is 48.1 Å². The largest absolute Gasteiger partial charge is 0.386 e. The van der Waals surface area contributed by atoms with Gasteiger partial charge in [0.25, 0.3) is 5.91 Å². The number of aliphatic hydroxyl groups excluding tert-OH is 1. The van der Waals surface area contributed by atoms with Gasteiger partial charge in [0.2, 0.25) is 5.91 Å². The van der Waals surface area contributed by atoms with Crippen LogP contribution in [0.3, 0.4) is 0 Å². The van der Waals surface area contributed by atoms with Crippen LogP contribution in [0.1, 0.15) is 21.3 Å². The third kappa shape index (κ3) is 3.48. The molecule has 2 aromatic rings. The molecule has 1 aliphatic rings. The molecule has 126 valence electrons. The number of carbonyl (C=O) groups is 2. The molecule has 1 fully saturated rings. The third-order valence-electron chi connectivity index (χ3n) is 4.02. The number of thiophene rings is 1. The summed E-state index contributed by atoms with van der Waals surface area (Å²) in [6.45, 7) is 0.341. The van der Waals surface area contributed by atoms with Crippen LogP contribution in [0.25, 0.3) is 0 Å². The zero-order chi connectivity index (χ0) is 17.1. The van der Waals surface area contributed by atoms with Crippen LogP contribution >= 0.6 is 11.3 Å². The summed E-state index contributed by atoms with van der Waals surface area (Å²) in [5, 5.41) is 15.1. The van der Waals surface area contributed by atoms with Crippen molar-refractivity contribution < 1.29 is 19.4 Å². The number of aliphatic hydroxyl groups is 1. The highest BCUT2D eigenvalue weighted by Gasteiger charge is 2.32. The summed E-state index contributed by atoms with van der Waals surface area (Å²) >= 11 is 1.37. The Labute approximate surface area is 143 Å². The van der Waals surface area contributed by atoms with E-state index in [0.717, 1.165) is 0 Å². The van der Waals surface area contributed by atoms with E-state index in [1.807, 2.05) is 11.4 Å². The number of nitrogens with one attached hydrogen (secondary N) is 1. The van der Waals surface area contributed by atoms with E-state index in [9.17, 15) is 14.7 Å². The Balaban J connectivity index is 1.67. The van der Waals surface area contributed by atoms with Gasteiger partial charge in [-0.05, 0) is 29.1 Å². The van der Waals surface area contributed by atoms with Gasteiger partial charge < -0.3 is 20.1 Å². The van der Waals surface area contributed by atoms with E-state index < -0.39 is 12.1 Å². The quantitative estimate of drug-likeness (QED) is 0.886. The second kappa shape index (κ2) is 7.12. The van der Waals surface area contributed by atoms with Crippen molar-refractivity contribution in [2.45, 2.75) is 12.1 Å². The van der Waals surface area contributed by atoms with Crippen molar-refractivity contribution in [3.8, 4) is 0 Å². The van der Waals surface area contributed by atoms with E-state index >= 15 is 0 Å². The Hall–Kier alpha value is -2.22. The molecule has 1 saturated heterocycles. The van der Waals surface area contributed by atoms with Crippen LogP contribution in [0.5, 0.6) is 0 Å². The molecule has 24 heavy (non-hydrogen) atoms.